The van der Waals surface area contributed by atoms with E-state index < -0.39 is 0 Å². The third-order valence-corrected chi connectivity index (χ3v) is 4.01. The molecule has 3 aromatic rings. The standard InChI is InChI=1S/C18H20N4O/c1-12-7-8-15(9-13(12)2)22-18(17(11-19)20-21-22)14-5-4-6-16(10-14)23-3/h4-10H,11,19H2,1-3H3. The van der Waals surface area contributed by atoms with Crippen LogP contribution in [0.3, 0.4) is 0 Å². The zero-order valence-electron chi connectivity index (χ0n) is 13.6. The van der Waals surface area contributed by atoms with Crippen LogP contribution < -0.4 is 10.5 Å². The van der Waals surface area contributed by atoms with Gasteiger partial charge in [0.15, 0.2) is 0 Å². The lowest BCUT2D eigenvalue weighted by Gasteiger charge is -2.11. The fraction of sp³-hybridized carbons (Fsp3) is 0.222. The van der Waals surface area contributed by atoms with E-state index in [0.29, 0.717) is 6.54 Å². The molecule has 2 N–H and O–H groups in total. The Labute approximate surface area is 135 Å². The molecule has 5 heteroatoms. The summed E-state index contributed by atoms with van der Waals surface area (Å²) in [6.07, 6.45) is 0. The smallest absolute Gasteiger partial charge is 0.119 e. The largest absolute Gasteiger partial charge is 0.497 e. The molecule has 23 heavy (non-hydrogen) atoms. The van der Waals surface area contributed by atoms with Crippen LogP contribution in [0.1, 0.15) is 16.8 Å². The second-order valence-corrected chi connectivity index (χ2v) is 5.50. The number of nitrogens with zero attached hydrogens (tertiary/aromatic N) is 3. The number of ether oxygens (including phenoxy) is 1. The predicted molar refractivity (Wildman–Crippen MR) is 90.7 cm³/mol. The summed E-state index contributed by atoms with van der Waals surface area (Å²) in [5, 5.41) is 8.55. The molecule has 0 aliphatic carbocycles. The van der Waals surface area contributed by atoms with Gasteiger partial charge in [0, 0.05) is 12.1 Å². The van der Waals surface area contributed by atoms with Crippen LogP contribution in [0.5, 0.6) is 5.75 Å². The lowest BCUT2D eigenvalue weighted by molar-refractivity contribution is 0.415. The molecule has 0 unspecified atom stereocenters. The Morgan fingerprint density at radius 3 is 2.61 bits per heavy atom. The minimum Gasteiger partial charge on any atom is -0.497 e. The molecule has 0 aliphatic rings. The molecule has 0 saturated carbocycles. The quantitative estimate of drug-likeness (QED) is 0.804. The fourth-order valence-electron chi connectivity index (χ4n) is 2.55. The van der Waals surface area contributed by atoms with Crippen molar-refractivity contribution in [1.82, 2.24) is 15.0 Å². The molecule has 0 fully saturated rings. The minimum absolute atomic E-state index is 0.331. The highest BCUT2D eigenvalue weighted by atomic mass is 16.5. The van der Waals surface area contributed by atoms with E-state index in [4.69, 9.17) is 10.5 Å². The third-order valence-electron chi connectivity index (χ3n) is 4.01. The Kier molecular flexibility index (Phi) is 4.12. The first kappa shape index (κ1) is 15.2. The van der Waals surface area contributed by atoms with Gasteiger partial charge >= 0.3 is 0 Å². The first-order valence-electron chi connectivity index (χ1n) is 7.50. The molecule has 0 aliphatic heterocycles. The minimum atomic E-state index is 0.331. The maximum Gasteiger partial charge on any atom is 0.119 e. The topological polar surface area (TPSA) is 66.0 Å². The van der Waals surface area contributed by atoms with E-state index in [-0.39, 0.29) is 0 Å². The van der Waals surface area contributed by atoms with E-state index in [9.17, 15) is 0 Å². The van der Waals surface area contributed by atoms with Crippen LogP contribution >= 0.6 is 0 Å². The Morgan fingerprint density at radius 2 is 1.91 bits per heavy atom. The van der Waals surface area contributed by atoms with Crippen molar-refractivity contribution in [3.05, 3.63) is 59.3 Å². The zero-order chi connectivity index (χ0) is 16.4. The first-order valence-corrected chi connectivity index (χ1v) is 7.50. The van der Waals surface area contributed by atoms with E-state index in [2.05, 4.69) is 36.3 Å². The van der Waals surface area contributed by atoms with Gasteiger partial charge in [-0.2, -0.15) is 0 Å². The second-order valence-electron chi connectivity index (χ2n) is 5.50. The molecule has 118 valence electrons. The second kappa shape index (κ2) is 6.22. The van der Waals surface area contributed by atoms with Gasteiger partial charge in [0.2, 0.25) is 0 Å². The van der Waals surface area contributed by atoms with Crippen molar-refractivity contribution in [1.29, 1.82) is 0 Å². The Bertz CT molecular complexity index is 839. The van der Waals surface area contributed by atoms with Gasteiger partial charge in [0.05, 0.1) is 18.5 Å². The van der Waals surface area contributed by atoms with E-state index >= 15 is 0 Å². The number of aryl methyl sites for hydroxylation is 2. The monoisotopic (exact) mass is 308 g/mol. The lowest BCUT2D eigenvalue weighted by Crippen LogP contribution is -2.03. The van der Waals surface area contributed by atoms with Crippen molar-refractivity contribution in [2.75, 3.05) is 7.11 Å². The van der Waals surface area contributed by atoms with Crippen LogP contribution in [-0.4, -0.2) is 22.1 Å². The molecule has 0 amide bonds. The van der Waals surface area contributed by atoms with Gasteiger partial charge in [0.25, 0.3) is 0 Å². The molecular weight excluding hydrogens is 288 g/mol. The van der Waals surface area contributed by atoms with Crippen molar-refractivity contribution >= 4 is 0 Å². The van der Waals surface area contributed by atoms with Crippen LogP contribution in [-0.2, 0) is 6.54 Å². The van der Waals surface area contributed by atoms with Crippen molar-refractivity contribution in [3.63, 3.8) is 0 Å². The highest BCUT2D eigenvalue weighted by Gasteiger charge is 2.16. The summed E-state index contributed by atoms with van der Waals surface area (Å²) in [5.41, 5.74) is 11.9. The number of hydrogen-bond acceptors (Lipinski definition) is 4. The SMILES string of the molecule is COc1cccc(-c2c(CN)nnn2-c2ccc(C)c(C)c2)c1. The van der Waals surface area contributed by atoms with E-state index in [1.54, 1.807) is 7.11 Å². The van der Waals surface area contributed by atoms with Gasteiger partial charge in [-0.05, 0) is 49.2 Å². The number of benzene rings is 2. The van der Waals surface area contributed by atoms with E-state index in [0.717, 1.165) is 28.4 Å². The van der Waals surface area contributed by atoms with Crippen molar-refractivity contribution < 1.29 is 4.74 Å². The zero-order valence-corrected chi connectivity index (χ0v) is 13.6. The summed E-state index contributed by atoms with van der Waals surface area (Å²) in [6, 6.07) is 14.1. The van der Waals surface area contributed by atoms with Crippen LogP contribution in [0.2, 0.25) is 0 Å². The van der Waals surface area contributed by atoms with E-state index in [1.807, 2.05) is 35.0 Å². The molecule has 1 aromatic heterocycles. The number of rotatable bonds is 4. The highest BCUT2D eigenvalue weighted by molar-refractivity contribution is 5.66. The van der Waals surface area contributed by atoms with Crippen molar-refractivity contribution in [2.24, 2.45) is 5.73 Å². The van der Waals surface area contributed by atoms with E-state index in [1.165, 1.54) is 11.1 Å². The van der Waals surface area contributed by atoms with Crippen molar-refractivity contribution in [3.8, 4) is 22.7 Å². The molecule has 0 saturated heterocycles. The molecule has 5 nitrogen and oxygen atoms in total. The Hall–Kier alpha value is -2.66. The summed E-state index contributed by atoms with van der Waals surface area (Å²) >= 11 is 0. The van der Waals surface area contributed by atoms with Crippen molar-refractivity contribution in [2.45, 2.75) is 20.4 Å². The number of hydrogen-bond donors (Lipinski definition) is 1. The van der Waals surface area contributed by atoms with Crippen LogP contribution in [0.15, 0.2) is 42.5 Å². The molecule has 0 radical (unpaired) electrons. The third kappa shape index (κ3) is 2.83. The number of aromatic nitrogens is 3. The van der Waals surface area contributed by atoms with Gasteiger partial charge in [-0.15, -0.1) is 5.10 Å². The molecule has 0 atom stereocenters. The molecule has 0 spiro atoms. The maximum absolute atomic E-state index is 5.86. The van der Waals surface area contributed by atoms with Gasteiger partial charge < -0.3 is 10.5 Å². The lowest BCUT2D eigenvalue weighted by atomic mass is 10.1. The normalized spacial score (nSPS) is 10.8. The van der Waals surface area contributed by atoms with Gasteiger partial charge in [-0.1, -0.05) is 23.4 Å². The average molecular weight is 308 g/mol. The summed E-state index contributed by atoms with van der Waals surface area (Å²) in [6.45, 7) is 4.51. The average Bonchev–Trinajstić information content (AvgIpc) is 3.01. The summed E-state index contributed by atoms with van der Waals surface area (Å²) < 4.78 is 7.16. The highest BCUT2D eigenvalue weighted by Crippen LogP contribution is 2.28. The van der Waals surface area contributed by atoms with Crippen LogP contribution in [0, 0.1) is 13.8 Å². The predicted octanol–water partition coefficient (Wildman–Crippen LogP) is 3.02. The molecule has 0 bridgehead atoms. The molecule has 2 aromatic carbocycles. The number of nitrogens with two attached hydrogens (primary N) is 1. The molecule has 3 rings (SSSR count). The maximum atomic E-state index is 5.86. The number of methoxy groups -OCH3 is 1. The molecule has 1 heterocycles. The van der Waals surface area contributed by atoms with Gasteiger partial charge in [-0.25, -0.2) is 4.68 Å². The van der Waals surface area contributed by atoms with Crippen LogP contribution in [0.25, 0.3) is 16.9 Å². The summed E-state index contributed by atoms with van der Waals surface area (Å²) in [5.74, 6) is 0.790. The Balaban J connectivity index is 2.19. The molecular formula is C18H20N4O. The van der Waals surface area contributed by atoms with Gasteiger partial charge in [-0.3, -0.25) is 0 Å². The Morgan fingerprint density at radius 1 is 1.09 bits per heavy atom. The summed E-state index contributed by atoms with van der Waals surface area (Å²) in [4.78, 5) is 0. The summed E-state index contributed by atoms with van der Waals surface area (Å²) in [7, 11) is 1.65. The van der Waals surface area contributed by atoms with Gasteiger partial charge in [0.1, 0.15) is 11.4 Å². The van der Waals surface area contributed by atoms with Crippen LogP contribution in [0.4, 0.5) is 0 Å². The fourth-order valence-corrected chi connectivity index (χ4v) is 2.55. The first-order chi connectivity index (χ1) is 11.1.